The Morgan fingerprint density at radius 3 is 2.45 bits per heavy atom. The van der Waals surface area contributed by atoms with Gasteiger partial charge in [0.25, 0.3) is 5.91 Å². The van der Waals surface area contributed by atoms with Gasteiger partial charge in [-0.15, -0.1) is 0 Å². The Morgan fingerprint density at radius 1 is 1.23 bits per heavy atom. The predicted molar refractivity (Wildman–Crippen MR) is 113 cm³/mol. The van der Waals surface area contributed by atoms with Gasteiger partial charge in [-0.1, -0.05) is 17.7 Å². The van der Waals surface area contributed by atoms with Crippen LogP contribution in [0.1, 0.15) is 34.5 Å². The summed E-state index contributed by atoms with van der Waals surface area (Å²) in [5.74, 6) is -0.188. The summed E-state index contributed by atoms with van der Waals surface area (Å²) in [6, 6.07) is 7.57. The number of nitrogen functional groups attached to an aromatic ring is 1. The second-order valence-corrected chi connectivity index (χ2v) is 8.24. The summed E-state index contributed by atoms with van der Waals surface area (Å²) < 4.78 is 38.6. The maximum absolute atomic E-state index is 12.9. The Hall–Kier alpha value is -3.00. The number of likely N-dealkylation sites (N-methyl/N-ethyl adjacent to an activating group) is 1. The number of nitrogens with one attached hydrogen (secondary N) is 1. The fraction of sp³-hybridized carbons (Fsp3) is 0.273. The van der Waals surface area contributed by atoms with Gasteiger partial charge in [-0.3, -0.25) is 9.78 Å². The van der Waals surface area contributed by atoms with Crippen molar-refractivity contribution in [2.24, 2.45) is 0 Å². The average molecular weight is 449 g/mol. The summed E-state index contributed by atoms with van der Waals surface area (Å²) in [5, 5.41) is 3.66. The van der Waals surface area contributed by atoms with E-state index < -0.39 is 17.3 Å². The van der Waals surface area contributed by atoms with Crippen LogP contribution in [0.4, 0.5) is 18.9 Å². The van der Waals surface area contributed by atoms with Gasteiger partial charge in [-0.25, -0.2) is 0 Å². The molecule has 162 valence electrons. The number of halogens is 4. The van der Waals surface area contributed by atoms with Gasteiger partial charge in [0.2, 0.25) is 0 Å². The molecule has 1 aliphatic heterocycles. The molecule has 31 heavy (non-hydrogen) atoms. The van der Waals surface area contributed by atoms with E-state index in [2.05, 4.69) is 10.3 Å². The smallest absolute Gasteiger partial charge is 0.397 e. The van der Waals surface area contributed by atoms with Gasteiger partial charge >= 0.3 is 6.18 Å². The molecule has 0 bridgehead atoms. The van der Waals surface area contributed by atoms with Crippen LogP contribution in [0.3, 0.4) is 0 Å². The van der Waals surface area contributed by atoms with Gasteiger partial charge in [0.1, 0.15) is 0 Å². The first-order chi connectivity index (χ1) is 14.6. The third-order valence-electron chi connectivity index (χ3n) is 5.51. The average Bonchev–Trinajstić information content (AvgIpc) is 3.47. The summed E-state index contributed by atoms with van der Waals surface area (Å²) in [6.45, 7) is 0.410. The lowest BCUT2D eigenvalue weighted by Gasteiger charge is -2.33. The summed E-state index contributed by atoms with van der Waals surface area (Å²) in [5.41, 5.74) is 6.98. The summed E-state index contributed by atoms with van der Waals surface area (Å²) >= 11 is 5.89. The molecular formula is C22H20ClF3N4O. The van der Waals surface area contributed by atoms with Crippen molar-refractivity contribution in [2.45, 2.75) is 24.6 Å². The van der Waals surface area contributed by atoms with Crippen molar-refractivity contribution < 1.29 is 18.0 Å². The van der Waals surface area contributed by atoms with Crippen molar-refractivity contribution in [3.63, 3.8) is 0 Å². The number of amides is 1. The molecular weight excluding hydrogens is 429 g/mol. The Bertz CT molecular complexity index is 1090. The molecule has 1 aromatic carbocycles. The number of allylic oxidation sites excluding steroid dienone is 2. The second kappa shape index (κ2) is 7.60. The number of hydrogen-bond donors (Lipinski definition) is 2. The molecule has 4 rings (SSSR count). The molecule has 9 heteroatoms. The topological polar surface area (TPSA) is 71.2 Å². The lowest BCUT2D eigenvalue weighted by atomic mass is 10.0. The Kier molecular flexibility index (Phi) is 5.21. The molecule has 2 heterocycles. The van der Waals surface area contributed by atoms with Crippen LogP contribution in [0.15, 0.2) is 54.4 Å². The van der Waals surface area contributed by atoms with Crippen LogP contribution in [0.2, 0.25) is 5.02 Å². The van der Waals surface area contributed by atoms with Crippen LogP contribution in [-0.2, 0) is 6.18 Å². The van der Waals surface area contributed by atoms with Crippen LogP contribution in [0.5, 0.6) is 0 Å². The van der Waals surface area contributed by atoms with E-state index in [0.29, 0.717) is 28.4 Å². The fourth-order valence-electron chi connectivity index (χ4n) is 3.74. The third kappa shape index (κ3) is 4.25. The Morgan fingerprint density at radius 2 is 1.90 bits per heavy atom. The Balaban J connectivity index is 1.56. The molecule has 1 aliphatic carbocycles. The van der Waals surface area contributed by atoms with Crippen molar-refractivity contribution in [1.82, 2.24) is 15.2 Å². The number of carbonyl (C=O) groups excluding carboxylic acids is 1. The number of pyridine rings is 1. The van der Waals surface area contributed by atoms with Gasteiger partial charge in [0.15, 0.2) is 0 Å². The van der Waals surface area contributed by atoms with Crippen LogP contribution >= 0.6 is 11.6 Å². The zero-order valence-corrected chi connectivity index (χ0v) is 17.4. The summed E-state index contributed by atoms with van der Waals surface area (Å²) in [6.07, 6.45) is 1.56. The van der Waals surface area contributed by atoms with Gasteiger partial charge in [-0.2, -0.15) is 13.2 Å². The molecule has 1 amide bonds. The van der Waals surface area contributed by atoms with Crippen molar-refractivity contribution in [3.8, 4) is 0 Å². The van der Waals surface area contributed by atoms with E-state index in [4.69, 9.17) is 17.3 Å². The van der Waals surface area contributed by atoms with E-state index in [1.807, 2.05) is 18.0 Å². The largest absolute Gasteiger partial charge is 0.417 e. The molecule has 1 fully saturated rings. The summed E-state index contributed by atoms with van der Waals surface area (Å²) in [7, 11) is 1.87. The molecule has 0 spiro atoms. The molecule has 1 saturated carbocycles. The minimum Gasteiger partial charge on any atom is -0.397 e. The molecule has 0 saturated heterocycles. The highest BCUT2D eigenvalue weighted by molar-refractivity contribution is 6.30. The summed E-state index contributed by atoms with van der Waals surface area (Å²) in [4.78, 5) is 18.6. The van der Waals surface area contributed by atoms with Gasteiger partial charge < -0.3 is 16.0 Å². The fourth-order valence-corrected chi connectivity index (χ4v) is 3.87. The van der Waals surface area contributed by atoms with E-state index in [0.717, 1.165) is 30.8 Å². The molecule has 0 unspecified atom stereocenters. The van der Waals surface area contributed by atoms with Gasteiger partial charge in [-0.05, 0) is 54.8 Å². The number of nitrogens with two attached hydrogens (primary N) is 1. The maximum Gasteiger partial charge on any atom is 0.417 e. The first-order valence-corrected chi connectivity index (χ1v) is 10.0. The zero-order valence-electron chi connectivity index (χ0n) is 16.6. The Labute approximate surface area is 182 Å². The first-order valence-electron chi connectivity index (χ1n) is 9.63. The molecule has 1 aromatic heterocycles. The van der Waals surface area contributed by atoms with Gasteiger partial charge in [0, 0.05) is 36.1 Å². The van der Waals surface area contributed by atoms with Crippen molar-refractivity contribution in [2.75, 3.05) is 19.3 Å². The number of benzene rings is 1. The standard InChI is InChI=1S/C22H20ClF3N4O/c1-30-12-14(19-17(27)10-15(11-28-19)22(24,25)26)4-7-18(30)21(8-9-21)29-20(31)13-2-5-16(23)6-3-13/h2-7,10-11H,8-9,12,27H2,1H3,(H,29,31). The third-order valence-corrected chi connectivity index (χ3v) is 5.76. The molecule has 0 radical (unpaired) electrons. The molecule has 5 nitrogen and oxygen atoms in total. The van der Waals surface area contributed by atoms with Crippen LogP contribution < -0.4 is 11.1 Å². The zero-order chi connectivity index (χ0) is 22.4. The van der Waals surface area contributed by atoms with E-state index in [9.17, 15) is 18.0 Å². The molecule has 3 N–H and O–H groups in total. The monoisotopic (exact) mass is 448 g/mol. The van der Waals surface area contributed by atoms with Crippen molar-refractivity contribution >= 4 is 28.8 Å². The quantitative estimate of drug-likeness (QED) is 0.722. The van der Waals surface area contributed by atoms with E-state index in [-0.39, 0.29) is 11.6 Å². The van der Waals surface area contributed by atoms with E-state index >= 15 is 0 Å². The number of nitrogens with zero attached hydrogens (tertiary/aromatic N) is 2. The highest BCUT2D eigenvalue weighted by atomic mass is 35.5. The number of alkyl halides is 3. The molecule has 2 aliphatic rings. The lowest BCUT2D eigenvalue weighted by Crippen LogP contribution is -2.44. The number of rotatable bonds is 4. The van der Waals surface area contributed by atoms with Crippen molar-refractivity contribution in [3.05, 3.63) is 76.2 Å². The molecule has 2 aromatic rings. The number of anilines is 1. The van der Waals surface area contributed by atoms with Crippen LogP contribution in [-0.4, -0.2) is 34.9 Å². The van der Waals surface area contributed by atoms with Crippen LogP contribution in [0, 0.1) is 0 Å². The van der Waals surface area contributed by atoms with E-state index in [1.165, 1.54) is 0 Å². The van der Waals surface area contributed by atoms with Gasteiger partial charge in [0.05, 0.1) is 22.5 Å². The first kappa shape index (κ1) is 21.2. The number of hydrogen-bond acceptors (Lipinski definition) is 4. The predicted octanol–water partition coefficient (Wildman–Crippen LogP) is 4.51. The number of aromatic nitrogens is 1. The normalized spacial score (nSPS) is 17.6. The maximum atomic E-state index is 12.9. The molecule has 0 atom stereocenters. The lowest BCUT2D eigenvalue weighted by molar-refractivity contribution is -0.137. The minimum absolute atomic E-state index is 0.0245. The van der Waals surface area contributed by atoms with E-state index in [1.54, 1.807) is 30.3 Å². The van der Waals surface area contributed by atoms with Crippen molar-refractivity contribution in [1.29, 1.82) is 0 Å². The minimum atomic E-state index is -4.49. The number of carbonyl (C=O) groups is 1. The highest BCUT2D eigenvalue weighted by Crippen LogP contribution is 2.45. The van der Waals surface area contributed by atoms with Crippen LogP contribution in [0.25, 0.3) is 5.57 Å². The highest BCUT2D eigenvalue weighted by Gasteiger charge is 2.49. The second-order valence-electron chi connectivity index (χ2n) is 7.80. The SMILES string of the molecule is CN1CC(c2ncc(C(F)(F)F)cc2N)=CC=C1C1(NC(=O)c2ccc(Cl)cc2)CC1.